The number of rotatable bonds is 15. The summed E-state index contributed by atoms with van der Waals surface area (Å²) in [5.41, 5.74) is 5.91. The number of hydrogen-bond acceptors (Lipinski definition) is 10. The minimum atomic E-state index is -0.976. The highest BCUT2D eigenvalue weighted by atomic mass is 16.4. The second-order valence-corrected chi connectivity index (χ2v) is 15.9. The molecule has 316 valence electrons. The summed E-state index contributed by atoms with van der Waals surface area (Å²) in [6, 6.07) is 13.6. The quantitative estimate of drug-likeness (QED) is 0.123. The van der Waals surface area contributed by atoms with Gasteiger partial charge >= 0.3 is 24.0 Å². The van der Waals surface area contributed by atoms with Crippen molar-refractivity contribution in [2.45, 2.75) is 69.9 Å². The molecule has 2 unspecified atom stereocenters. The average Bonchev–Trinajstić information content (AvgIpc) is 3.26. The number of aliphatic carboxylic acids is 2. The van der Waals surface area contributed by atoms with Crippen LogP contribution in [-0.4, -0.2) is 148 Å². The molecule has 4 aliphatic rings. The van der Waals surface area contributed by atoms with Gasteiger partial charge in [-0.15, -0.1) is 0 Å². The van der Waals surface area contributed by atoms with E-state index in [0.29, 0.717) is 71.0 Å². The number of aryl methyl sites for hydroxylation is 4. The lowest BCUT2D eigenvalue weighted by Gasteiger charge is -2.38. The largest absolute Gasteiger partial charge is 0.480 e. The Bertz CT molecular complexity index is 1930. The zero-order chi connectivity index (χ0) is 41.1. The molecule has 1 aromatic carbocycles. The number of anilines is 2. The molecule has 59 heavy (non-hydrogen) atoms. The second kappa shape index (κ2) is 20.0. The molecule has 2 fully saturated rings. The van der Waals surface area contributed by atoms with Gasteiger partial charge in [0.1, 0.15) is 23.7 Å². The molecule has 7 rings (SSSR count). The molecular formula is C43H58N10O6. The number of piperazine rings is 2. The number of nitrogens with zero attached hydrogens (tertiary/aromatic N) is 6. The molecule has 0 aliphatic carbocycles. The number of benzene rings is 1. The van der Waals surface area contributed by atoms with E-state index in [1.54, 1.807) is 34.1 Å². The Labute approximate surface area is 345 Å². The topological polar surface area (TPSA) is 196 Å². The van der Waals surface area contributed by atoms with E-state index in [2.05, 4.69) is 45.5 Å². The number of fused-ring (bicyclic) bond motifs is 2. The molecule has 0 spiro atoms. The Hall–Kier alpha value is -5.48. The number of carboxylic acid groups (broad SMARTS) is 2. The Morgan fingerprint density at radius 1 is 0.627 bits per heavy atom. The normalized spacial score (nSPS) is 18.0. The molecule has 0 saturated carbocycles. The molecule has 16 heteroatoms. The van der Waals surface area contributed by atoms with Gasteiger partial charge < -0.3 is 41.3 Å². The Kier molecular flexibility index (Phi) is 14.1. The van der Waals surface area contributed by atoms with Gasteiger partial charge in [-0.05, 0) is 92.2 Å². The first-order chi connectivity index (χ1) is 28.7. The molecule has 0 radical (unpaired) electrons. The number of urea groups is 2. The van der Waals surface area contributed by atoms with Gasteiger partial charge in [-0.1, -0.05) is 36.4 Å². The number of aromatic nitrogens is 2. The second-order valence-electron chi connectivity index (χ2n) is 15.9. The third-order valence-corrected chi connectivity index (χ3v) is 11.9. The molecule has 6 heterocycles. The first-order valence-corrected chi connectivity index (χ1v) is 21.3. The summed E-state index contributed by atoms with van der Waals surface area (Å²) in [5.74, 6) is 0.0359. The Balaban J connectivity index is 0.819. The number of amides is 4. The highest BCUT2D eigenvalue weighted by Crippen LogP contribution is 2.25. The van der Waals surface area contributed by atoms with E-state index in [0.717, 1.165) is 93.0 Å². The fraction of sp³-hybridized carbons (Fsp3) is 0.535. The van der Waals surface area contributed by atoms with Crippen molar-refractivity contribution in [3.63, 3.8) is 0 Å². The number of carbonyl (C=O) groups excluding carboxylic acids is 2. The van der Waals surface area contributed by atoms with Gasteiger partial charge in [-0.2, -0.15) is 0 Å². The van der Waals surface area contributed by atoms with Crippen molar-refractivity contribution >= 4 is 35.6 Å². The Morgan fingerprint density at radius 2 is 1.12 bits per heavy atom. The van der Waals surface area contributed by atoms with Crippen molar-refractivity contribution in [3.05, 3.63) is 82.2 Å². The maximum absolute atomic E-state index is 12.9. The molecule has 2 atom stereocenters. The molecule has 6 N–H and O–H groups in total. The Morgan fingerprint density at radius 3 is 1.59 bits per heavy atom. The van der Waals surface area contributed by atoms with E-state index < -0.39 is 24.0 Å². The fourth-order valence-electron chi connectivity index (χ4n) is 8.53. The van der Waals surface area contributed by atoms with E-state index in [4.69, 9.17) is 9.97 Å². The fourth-order valence-corrected chi connectivity index (χ4v) is 8.53. The lowest BCUT2D eigenvalue weighted by atomic mass is 9.98. The van der Waals surface area contributed by atoms with Crippen molar-refractivity contribution in [1.82, 2.24) is 40.2 Å². The predicted molar refractivity (Wildman–Crippen MR) is 224 cm³/mol. The third kappa shape index (κ3) is 11.0. The smallest absolute Gasteiger partial charge is 0.325 e. The van der Waals surface area contributed by atoms with Gasteiger partial charge in [-0.25, -0.2) is 19.6 Å². The summed E-state index contributed by atoms with van der Waals surface area (Å²) in [5, 5.41) is 33.2. The van der Waals surface area contributed by atoms with Gasteiger partial charge in [-0.3, -0.25) is 19.4 Å². The van der Waals surface area contributed by atoms with Gasteiger partial charge in [0.15, 0.2) is 0 Å². The summed E-state index contributed by atoms with van der Waals surface area (Å²) < 4.78 is 0. The number of pyridine rings is 2. The van der Waals surface area contributed by atoms with Crippen molar-refractivity contribution in [2.75, 3.05) is 89.2 Å². The number of hydrogen-bond donors (Lipinski definition) is 6. The first kappa shape index (κ1) is 41.7. The maximum Gasteiger partial charge on any atom is 0.325 e. The molecule has 4 amide bonds. The van der Waals surface area contributed by atoms with Crippen LogP contribution in [0.15, 0.2) is 48.5 Å². The van der Waals surface area contributed by atoms with Crippen LogP contribution < -0.4 is 21.3 Å². The number of carboxylic acids is 2. The van der Waals surface area contributed by atoms with Crippen LogP contribution in [0.3, 0.4) is 0 Å². The van der Waals surface area contributed by atoms with Crippen LogP contribution >= 0.6 is 0 Å². The average molecular weight is 811 g/mol. The van der Waals surface area contributed by atoms with Crippen LogP contribution in [0.2, 0.25) is 0 Å². The molecule has 0 bridgehead atoms. The predicted octanol–water partition coefficient (Wildman–Crippen LogP) is 3.23. The standard InChI is InChI=1S/C43H58N10O6/c54-40(55)36(50-21-25-52(26-22-50)42(58)46-19-3-7-34-15-13-32-5-1-17-44-38(32)48-34)29-30-9-11-31(12-10-30)37(41(56)57)51-23-27-53(28-24-51)43(59)47-20-4-8-35-16-14-33-6-2-18-45-39(33)49-35/h9-16,36-37H,1-8,17-29H2,(H,44,48)(H,45,49)(H,46,58)(H,47,59)(H,54,55)(H,56,57). The summed E-state index contributed by atoms with van der Waals surface area (Å²) in [7, 11) is 0. The van der Waals surface area contributed by atoms with Crippen molar-refractivity contribution < 1.29 is 29.4 Å². The van der Waals surface area contributed by atoms with Crippen LogP contribution in [0.1, 0.15) is 65.4 Å². The number of nitrogens with one attached hydrogen (secondary N) is 4. The summed E-state index contributed by atoms with van der Waals surface area (Å²) in [4.78, 5) is 67.5. The van der Waals surface area contributed by atoms with Crippen LogP contribution in [0.25, 0.3) is 0 Å². The van der Waals surface area contributed by atoms with E-state index in [9.17, 15) is 29.4 Å². The monoisotopic (exact) mass is 810 g/mol. The summed E-state index contributed by atoms with van der Waals surface area (Å²) in [6.45, 7) is 6.30. The number of carbonyl (C=O) groups is 4. The van der Waals surface area contributed by atoms with Crippen LogP contribution in [0.5, 0.6) is 0 Å². The van der Waals surface area contributed by atoms with E-state index in [1.807, 2.05) is 9.80 Å². The summed E-state index contributed by atoms with van der Waals surface area (Å²) in [6.07, 6.45) is 7.67. The third-order valence-electron chi connectivity index (χ3n) is 11.9. The van der Waals surface area contributed by atoms with Crippen molar-refractivity contribution in [1.29, 1.82) is 0 Å². The highest BCUT2D eigenvalue weighted by Gasteiger charge is 2.33. The first-order valence-electron chi connectivity index (χ1n) is 21.3. The van der Waals surface area contributed by atoms with E-state index in [1.165, 1.54) is 11.1 Å². The summed E-state index contributed by atoms with van der Waals surface area (Å²) >= 11 is 0. The zero-order valence-corrected chi connectivity index (χ0v) is 33.8. The SMILES string of the molecule is O=C(O)C(Cc1ccc(C(C(=O)O)N2CCN(C(=O)NCCCc3ccc4c(n3)NCCC4)CC2)cc1)N1CCN(C(=O)NCCCc2ccc3c(n2)NCCC3)CC1. The highest BCUT2D eigenvalue weighted by molar-refractivity contribution is 5.77. The minimum Gasteiger partial charge on any atom is -0.480 e. The van der Waals surface area contributed by atoms with Gasteiger partial charge in [0.2, 0.25) is 0 Å². The molecule has 2 aromatic heterocycles. The van der Waals surface area contributed by atoms with Gasteiger partial charge in [0.25, 0.3) is 0 Å². The van der Waals surface area contributed by atoms with E-state index >= 15 is 0 Å². The minimum absolute atomic E-state index is 0.145. The van der Waals surface area contributed by atoms with E-state index in [-0.39, 0.29) is 18.5 Å². The maximum atomic E-state index is 12.9. The molecular weight excluding hydrogens is 753 g/mol. The van der Waals surface area contributed by atoms with Crippen LogP contribution in [0.4, 0.5) is 21.2 Å². The lowest BCUT2D eigenvalue weighted by Crippen LogP contribution is -2.56. The molecule has 3 aromatic rings. The van der Waals surface area contributed by atoms with Crippen LogP contribution in [0, 0.1) is 0 Å². The lowest BCUT2D eigenvalue weighted by molar-refractivity contribution is -0.145. The molecule has 16 nitrogen and oxygen atoms in total. The van der Waals surface area contributed by atoms with Crippen molar-refractivity contribution in [3.8, 4) is 0 Å². The van der Waals surface area contributed by atoms with Crippen molar-refractivity contribution in [2.24, 2.45) is 0 Å². The van der Waals surface area contributed by atoms with Gasteiger partial charge in [0, 0.05) is 89.9 Å². The zero-order valence-electron chi connectivity index (χ0n) is 33.8. The van der Waals surface area contributed by atoms with Gasteiger partial charge in [0.05, 0.1) is 0 Å². The van der Waals surface area contributed by atoms with Crippen LogP contribution in [-0.2, 0) is 41.7 Å². The molecule has 2 saturated heterocycles. The molecule has 4 aliphatic heterocycles.